The number of hydrogen-bond donors (Lipinski definition) is 4. The third-order valence-corrected chi connectivity index (χ3v) is 6.36. The van der Waals surface area contributed by atoms with Gasteiger partial charge in [0.25, 0.3) is 11.8 Å². The molecule has 6 N–H and O–H groups in total. The van der Waals surface area contributed by atoms with Gasteiger partial charge in [0.1, 0.15) is 5.69 Å². The van der Waals surface area contributed by atoms with Gasteiger partial charge in [-0.2, -0.15) is 35.8 Å². The number of halogens is 9. The van der Waals surface area contributed by atoms with E-state index in [0.717, 1.165) is 10.7 Å². The quantitative estimate of drug-likeness (QED) is 0.0520. The first kappa shape index (κ1) is 38.1. The lowest BCUT2D eigenvalue weighted by atomic mass is 10.1. The van der Waals surface area contributed by atoms with Gasteiger partial charge in [-0.15, -0.1) is 5.10 Å². The molecule has 1 aromatic carbocycles. The van der Waals surface area contributed by atoms with Gasteiger partial charge in [-0.3, -0.25) is 9.59 Å². The van der Waals surface area contributed by atoms with Crippen molar-refractivity contribution in [2.45, 2.75) is 58.3 Å². The first-order chi connectivity index (χ1) is 21.0. The Morgan fingerprint density at radius 1 is 1.15 bits per heavy atom. The molecule has 0 unspecified atom stereocenters. The number of hydrogen-bond acceptors (Lipinski definition) is 6. The van der Waals surface area contributed by atoms with Gasteiger partial charge in [-0.1, -0.05) is 41.9 Å². The smallest absolute Gasteiger partial charge is 0.380 e. The monoisotopic (exact) mass is 700 g/mol. The molecule has 10 nitrogen and oxygen atoms in total. The average Bonchev–Trinajstić information content (AvgIpc) is 3.34. The lowest BCUT2D eigenvalue weighted by Crippen LogP contribution is -2.59. The van der Waals surface area contributed by atoms with Crippen LogP contribution in [0.3, 0.4) is 0 Å². The molecule has 2 amide bonds. The van der Waals surface area contributed by atoms with Crippen LogP contribution in [-0.2, 0) is 6.54 Å². The normalized spacial score (nSPS) is 13.4. The molecule has 0 aliphatic rings. The van der Waals surface area contributed by atoms with Crippen LogP contribution < -0.4 is 22.2 Å². The van der Waals surface area contributed by atoms with E-state index in [-0.39, 0.29) is 49.6 Å². The molecule has 0 radical (unpaired) electrons. The number of amidine groups is 1. The van der Waals surface area contributed by atoms with Gasteiger partial charge in [-0.05, 0) is 57.5 Å². The number of anilines is 1. The zero-order valence-corrected chi connectivity index (χ0v) is 26.1. The number of allylic oxidation sites excluding steroid dienone is 5. The second kappa shape index (κ2) is 14.6. The largest absolute Gasteiger partial charge is 0.460 e. The minimum Gasteiger partial charge on any atom is -0.380 e. The Morgan fingerprint density at radius 3 is 2.30 bits per heavy atom. The Kier molecular flexibility index (Phi) is 12.1. The van der Waals surface area contributed by atoms with Crippen molar-refractivity contribution < 1.29 is 40.3 Å². The van der Waals surface area contributed by atoms with Gasteiger partial charge in [0.05, 0.1) is 34.2 Å². The van der Waals surface area contributed by atoms with E-state index >= 15 is 0 Å². The van der Waals surface area contributed by atoms with Gasteiger partial charge >= 0.3 is 18.0 Å². The number of amides is 2. The molecule has 1 aromatic heterocycles. The number of aromatic nitrogens is 2. The molecule has 1 heterocycles. The summed E-state index contributed by atoms with van der Waals surface area (Å²) in [4.78, 5) is 26.5. The van der Waals surface area contributed by atoms with Crippen LogP contribution in [0.15, 0.2) is 53.1 Å². The summed E-state index contributed by atoms with van der Waals surface area (Å²) < 4.78 is 93.2. The van der Waals surface area contributed by atoms with Crippen molar-refractivity contribution in [3.8, 4) is 0 Å². The molecule has 19 heteroatoms. The highest BCUT2D eigenvalue weighted by atomic mass is 35.5. The molecular formula is C27H29Cl2F7N8O2. The lowest BCUT2D eigenvalue weighted by molar-refractivity contribution is -0.336. The Bertz CT molecular complexity index is 1580. The van der Waals surface area contributed by atoms with Crippen molar-refractivity contribution in [2.75, 3.05) is 5.32 Å². The summed E-state index contributed by atoms with van der Waals surface area (Å²) in [5, 5.41) is 12.3. The van der Waals surface area contributed by atoms with E-state index in [9.17, 15) is 40.3 Å². The van der Waals surface area contributed by atoms with E-state index < -0.39 is 42.2 Å². The summed E-state index contributed by atoms with van der Waals surface area (Å²) >= 11 is 12.4. The number of hydrazine groups is 1. The molecule has 0 bridgehead atoms. The van der Waals surface area contributed by atoms with Gasteiger partial charge in [0, 0.05) is 11.1 Å². The Labute approximate surface area is 268 Å². The maximum atomic E-state index is 13.9. The number of nitrogens with one attached hydrogen (secondary N) is 2. The second-order valence-electron chi connectivity index (χ2n) is 9.88. The third-order valence-electron chi connectivity index (χ3n) is 5.79. The number of aryl methyl sites for hydroxylation is 1. The minimum absolute atomic E-state index is 0.0118. The molecule has 0 saturated carbocycles. The maximum absolute atomic E-state index is 13.9. The number of carbonyl (C=O) groups is 2. The predicted molar refractivity (Wildman–Crippen MR) is 160 cm³/mol. The number of carbonyl (C=O) groups excluding carboxylic acids is 2. The first-order valence-corrected chi connectivity index (χ1v) is 13.7. The van der Waals surface area contributed by atoms with Crippen LogP contribution in [0.4, 0.5) is 36.4 Å². The van der Waals surface area contributed by atoms with Gasteiger partial charge < -0.3 is 16.4 Å². The van der Waals surface area contributed by atoms with Crippen LogP contribution in [0.25, 0.3) is 5.70 Å². The first-order valence-electron chi connectivity index (χ1n) is 12.9. The number of hydrazone groups is 1. The van der Waals surface area contributed by atoms with Crippen molar-refractivity contribution in [3.05, 3.63) is 75.6 Å². The molecule has 0 saturated heterocycles. The lowest BCUT2D eigenvalue weighted by Gasteiger charge is -2.28. The number of rotatable bonds is 12. The number of benzene rings is 1. The summed E-state index contributed by atoms with van der Waals surface area (Å²) in [6.07, 6.45) is -2.11. The SMILES string of the molecule is C=C(/C(Cl)=C\C=C/C)n1nc(CN(N)/N=C(\N)C(F)(F)C(F)(F)C(F)(F)F)cc1C(=O)Nc1c(C)cc(Cl)cc1C(=O)NC(C)C. The molecule has 0 aliphatic heterocycles. The van der Waals surface area contributed by atoms with Crippen molar-refractivity contribution in [1.82, 2.24) is 20.2 Å². The molecular weight excluding hydrogens is 672 g/mol. The summed E-state index contributed by atoms with van der Waals surface area (Å²) in [5.74, 6) is -11.0. The fourth-order valence-electron chi connectivity index (χ4n) is 3.60. The standard InChI is InChI=1S/C27H29Cl2F7N8O2/c1-6-7-8-19(29)15(5)44-20(23(46)40-21-14(4)9-16(28)10-18(21)22(45)39-13(2)3)11-17(41-44)12-43(38)42-24(37)25(30,31)26(32,33)27(34,35)36/h6-11,13H,5,12,38H2,1-4H3,(H2,37,42)(H,39,45)(H,40,46)/b7-6-,19-8+. The molecule has 2 rings (SSSR count). The van der Waals surface area contributed by atoms with Crippen molar-refractivity contribution in [2.24, 2.45) is 16.7 Å². The number of nitrogens with zero attached hydrogens (tertiary/aromatic N) is 4. The Hall–Kier alpha value is -4.09. The zero-order valence-electron chi connectivity index (χ0n) is 24.6. The van der Waals surface area contributed by atoms with Crippen LogP contribution in [0.5, 0.6) is 0 Å². The van der Waals surface area contributed by atoms with E-state index in [0.29, 0.717) is 5.56 Å². The minimum atomic E-state index is -6.66. The average molecular weight is 701 g/mol. The van der Waals surface area contributed by atoms with Crippen molar-refractivity contribution >= 4 is 52.2 Å². The van der Waals surface area contributed by atoms with E-state index in [1.165, 1.54) is 24.3 Å². The van der Waals surface area contributed by atoms with Gasteiger partial charge in [0.15, 0.2) is 5.84 Å². The van der Waals surface area contributed by atoms with Gasteiger partial charge in [0.2, 0.25) is 0 Å². The fraction of sp³-hybridized carbons (Fsp3) is 0.333. The summed E-state index contributed by atoms with van der Waals surface area (Å²) in [5.41, 5.74) is 4.62. The van der Waals surface area contributed by atoms with E-state index in [2.05, 4.69) is 27.4 Å². The van der Waals surface area contributed by atoms with Crippen LogP contribution >= 0.6 is 23.2 Å². The fourth-order valence-corrected chi connectivity index (χ4v) is 4.03. The molecule has 0 atom stereocenters. The predicted octanol–water partition coefficient (Wildman–Crippen LogP) is 6.19. The van der Waals surface area contributed by atoms with Crippen LogP contribution in [0, 0.1) is 6.92 Å². The number of alkyl halides is 7. The van der Waals surface area contributed by atoms with E-state index in [4.69, 9.17) is 34.8 Å². The number of nitrogens with two attached hydrogens (primary N) is 2. The van der Waals surface area contributed by atoms with Gasteiger partial charge in [-0.25, -0.2) is 15.6 Å². The van der Waals surface area contributed by atoms with Crippen LogP contribution in [0.1, 0.15) is 52.9 Å². The summed E-state index contributed by atoms with van der Waals surface area (Å²) in [6, 6.07) is 3.58. The van der Waals surface area contributed by atoms with E-state index in [1.54, 1.807) is 33.8 Å². The topological polar surface area (TPSA) is 144 Å². The molecule has 2 aromatic rings. The third kappa shape index (κ3) is 8.58. The summed E-state index contributed by atoms with van der Waals surface area (Å²) in [7, 11) is 0. The van der Waals surface area contributed by atoms with Crippen LogP contribution in [0.2, 0.25) is 5.02 Å². The van der Waals surface area contributed by atoms with E-state index in [1.807, 2.05) is 0 Å². The molecule has 0 fully saturated rings. The molecule has 0 aliphatic carbocycles. The Morgan fingerprint density at radius 2 is 1.76 bits per heavy atom. The van der Waals surface area contributed by atoms with Crippen molar-refractivity contribution in [3.63, 3.8) is 0 Å². The molecule has 0 spiro atoms. The molecule has 252 valence electrons. The van der Waals surface area contributed by atoms with Crippen molar-refractivity contribution in [1.29, 1.82) is 0 Å². The summed E-state index contributed by atoms with van der Waals surface area (Å²) in [6.45, 7) is 9.62. The highest BCUT2D eigenvalue weighted by Crippen LogP contribution is 2.46. The molecule has 46 heavy (non-hydrogen) atoms. The highest BCUT2D eigenvalue weighted by Gasteiger charge is 2.75. The second-order valence-corrected chi connectivity index (χ2v) is 10.7. The Balaban J connectivity index is 2.58. The highest BCUT2D eigenvalue weighted by molar-refractivity contribution is 6.35. The maximum Gasteiger partial charge on any atom is 0.460 e. The van der Waals surface area contributed by atoms with Crippen LogP contribution in [-0.4, -0.2) is 56.6 Å². The zero-order chi connectivity index (χ0) is 35.4.